The van der Waals surface area contributed by atoms with Gasteiger partial charge in [0.05, 0.1) is 6.04 Å². The van der Waals surface area contributed by atoms with Crippen molar-refractivity contribution in [1.82, 2.24) is 10.2 Å². The summed E-state index contributed by atoms with van der Waals surface area (Å²) in [4.78, 5) is 25.6. The van der Waals surface area contributed by atoms with Crippen LogP contribution in [0.2, 0.25) is 0 Å². The normalized spacial score (nSPS) is 18.8. The van der Waals surface area contributed by atoms with Gasteiger partial charge in [0.2, 0.25) is 5.91 Å². The van der Waals surface area contributed by atoms with E-state index >= 15 is 0 Å². The summed E-state index contributed by atoms with van der Waals surface area (Å²) in [6.07, 6.45) is 0.371. The molecule has 1 aliphatic heterocycles. The lowest BCUT2D eigenvalue weighted by molar-refractivity contribution is -0.123. The highest BCUT2D eigenvalue weighted by atomic mass is 16.6. The van der Waals surface area contributed by atoms with Gasteiger partial charge in [-0.15, -0.1) is 0 Å². The second-order valence-corrected chi connectivity index (χ2v) is 6.25. The smallest absolute Gasteiger partial charge is 0.410 e. The molecule has 0 spiro atoms. The molecule has 0 aliphatic carbocycles. The van der Waals surface area contributed by atoms with Crippen LogP contribution >= 0.6 is 0 Å². The molecule has 1 aromatic rings. The number of rotatable bonds is 5. The fraction of sp³-hybridized carbons (Fsp3) is 0.529. The van der Waals surface area contributed by atoms with E-state index in [0.717, 1.165) is 12.0 Å². The number of carbonyl (C=O) groups excluding carboxylic acids is 2. The molecule has 126 valence electrons. The fourth-order valence-corrected chi connectivity index (χ4v) is 2.45. The first-order valence-corrected chi connectivity index (χ1v) is 7.99. The SMILES string of the molecule is CC(C)C(N)C(=O)NC1CCN(C(=O)OCc2ccccc2)C1. The number of hydrogen-bond donors (Lipinski definition) is 2. The van der Waals surface area contributed by atoms with Crippen molar-refractivity contribution >= 4 is 12.0 Å². The lowest BCUT2D eigenvalue weighted by Crippen LogP contribution is -2.48. The molecule has 0 aromatic heterocycles. The highest BCUT2D eigenvalue weighted by Crippen LogP contribution is 2.12. The zero-order valence-corrected chi connectivity index (χ0v) is 13.7. The summed E-state index contributed by atoms with van der Waals surface area (Å²) in [5, 5.41) is 2.91. The molecular weight excluding hydrogens is 294 g/mol. The first kappa shape index (κ1) is 17.3. The molecule has 0 radical (unpaired) electrons. The van der Waals surface area contributed by atoms with E-state index in [1.165, 1.54) is 0 Å². The van der Waals surface area contributed by atoms with Crippen LogP contribution in [-0.4, -0.2) is 42.1 Å². The van der Waals surface area contributed by atoms with Crippen LogP contribution in [0.4, 0.5) is 4.79 Å². The third-order valence-electron chi connectivity index (χ3n) is 4.02. The van der Waals surface area contributed by atoms with Gasteiger partial charge in [0.1, 0.15) is 6.61 Å². The lowest BCUT2D eigenvalue weighted by atomic mass is 10.0. The molecule has 0 bridgehead atoms. The topological polar surface area (TPSA) is 84.7 Å². The van der Waals surface area contributed by atoms with E-state index < -0.39 is 6.04 Å². The standard InChI is InChI=1S/C17H25N3O3/c1-12(2)15(18)16(21)19-14-8-9-20(10-14)17(22)23-11-13-6-4-3-5-7-13/h3-7,12,14-15H,8-11,18H2,1-2H3,(H,19,21). The van der Waals surface area contributed by atoms with E-state index in [9.17, 15) is 9.59 Å². The molecule has 2 amide bonds. The van der Waals surface area contributed by atoms with E-state index in [-0.39, 0.29) is 30.6 Å². The summed E-state index contributed by atoms with van der Waals surface area (Å²) >= 11 is 0. The predicted octanol–water partition coefficient (Wildman–Crippen LogP) is 1.50. The van der Waals surface area contributed by atoms with Crippen molar-refractivity contribution in [1.29, 1.82) is 0 Å². The minimum atomic E-state index is -0.519. The molecule has 1 aromatic carbocycles. The number of nitrogens with zero attached hydrogens (tertiary/aromatic N) is 1. The van der Waals surface area contributed by atoms with E-state index in [2.05, 4.69) is 5.32 Å². The third kappa shape index (κ3) is 4.96. The summed E-state index contributed by atoms with van der Waals surface area (Å²) in [5.41, 5.74) is 6.78. The van der Waals surface area contributed by atoms with Crippen LogP contribution in [0, 0.1) is 5.92 Å². The van der Waals surface area contributed by atoms with Gasteiger partial charge in [-0.05, 0) is 17.9 Å². The zero-order valence-electron chi connectivity index (χ0n) is 13.7. The molecule has 2 atom stereocenters. The Bertz CT molecular complexity index is 533. The largest absolute Gasteiger partial charge is 0.445 e. The molecule has 1 heterocycles. The Morgan fingerprint density at radius 1 is 1.35 bits per heavy atom. The van der Waals surface area contributed by atoms with Crippen LogP contribution in [0.1, 0.15) is 25.8 Å². The number of amides is 2. The van der Waals surface area contributed by atoms with E-state index in [1.807, 2.05) is 44.2 Å². The van der Waals surface area contributed by atoms with Crippen LogP contribution in [-0.2, 0) is 16.1 Å². The van der Waals surface area contributed by atoms with Gasteiger partial charge in [-0.1, -0.05) is 44.2 Å². The Morgan fingerprint density at radius 2 is 2.04 bits per heavy atom. The fourth-order valence-electron chi connectivity index (χ4n) is 2.45. The minimum Gasteiger partial charge on any atom is -0.445 e. The molecule has 6 heteroatoms. The zero-order chi connectivity index (χ0) is 16.8. The van der Waals surface area contributed by atoms with E-state index in [1.54, 1.807) is 4.90 Å². The van der Waals surface area contributed by atoms with E-state index in [0.29, 0.717) is 13.1 Å². The molecule has 1 fully saturated rings. The van der Waals surface area contributed by atoms with Gasteiger partial charge in [-0.3, -0.25) is 4.79 Å². The number of nitrogens with one attached hydrogen (secondary N) is 1. The quantitative estimate of drug-likeness (QED) is 0.861. The number of likely N-dealkylation sites (tertiary alicyclic amines) is 1. The highest BCUT2D eigenvalue weighted by molar-refractivity contribution is 5.82. The second kappa shape index (κ2) is 7.97. The molecule has 1 aliphatic rings. The van der Waals surface area contributed by atoms with Crippen molar-refractivity contribution in [2.24, 2.45) is 11.7 Å². The average Bonchev–Trinajstić information content (AvgIpc) is 3.01. The maximum atomic E-state index is 12.1. The van der Waals surface area contributed by atoms with Crippen molar-refractivity contribution in [2.45, 2.75) is 39.0 Å². The average molecular weight is 319 g/mol. The summed E-state index contributed by atoms with van der Waals surface area (Å²) in [6.45, 7) is 5.11. The molecule has 0 saturated carbocycles. The Kier molecular flexibility index (Phi) is 5.98. The third-order valence-corrected chi connectivity index (χ3v) is 4.02. The second-order valence-electron chi connectivity index (χ2n) is 6.25. The minimum absolute atomic E-state index is 0.0587. The van der Waals surface area contributed by atoms with Crippen molar-refractivity contribution in [3.05, 3.63) is 35.9 Å². The number of benzene rings is 1. The van der Waals surface area contributed by atoms with Gasteiger partial charge in [-0.2, -0.15) is 0 Å². The van der Waals surface area contributed by atoms with Gasteiger partial charge in [0.15, 0.2) is 0 Å². The molecule has 1 saturated heterocycles. The number of carbonyl (C=O) groups is 2. The molecule has 3 N–H and O–H groups in total. The van der Waals surface area contributed by atoms with E-state index in [4.69, 9.17) is 10.5 Å². The Hall–Kier alpha value is -2.08. The van der Waals surface area contributed by atoms with Crippen LogP contribution in [0.5, 0.6) is 0 Å². The van der Waals surface area contributed by atoms with Gasteiger partial charge >= 0.3 is 6.09 Å². The van der Waals surface area contributed by atoms with Crippen molar-refractivity contribution in [3.63, 3.8) is 0 Å². The van der Waals surface area contributed by atoms with Gasteiger partial charge in [0.25, 0.3) is 0 Å². The maximum absolute atomic E-state index is 12.1. The first-order chi connectivity index (χ1) is 11.0. The van der Waals surface area contributed by atoms with Crippen LogP contribution in [0.25, 0.3) is 0 Å². The van der Waals surface area contributed by atoms with Gasteiger partial charge < -0.3 is 20.7 Å². The van der Waals surface area contributed by atoms with Crippen molar-refractivity contribution < 1.29 is 14.3 Å². The Balaban J connectivity index is 1.76. The van der Waals surface area contributed by atoms with Gasteiger partial charge in [0, 0.05) is 19.1 Å². The summed E-state index contributed by atoms with van der Waals surface area (Å²) in [5.74, 6) is -0.0761. The lowest BCUT2D eigenvalue weighted by Gasteiger charge is -2.20. The van der Waals surface area contributed by atoms with Crippen molar-refractivity contribution in [2.75, 3.05) is 13.1 Å². The molecule has 2 rings (SSSR count). The maximum Gasteiger partial charge on any atom is 0.410 e. The Labute approximate surface area is 137 Å². The number of hydrogen-bond acceptors (Lipinski definition) is 4. The number of nitrogens with two attached hydrogens (primary N) is 1. The summed E-state index contributed by atoms with van der Waals surface area (Å²) in [6, 6.07) is 8.97. The molecular formula is C17H25N3O3. The highest BCUT2D eigenvalue weighted by Gasteiger charge is 2.29. The monoisotopic (exact) mass is 319 g/mol. The van der Waals surface area contributed by atoms with Crippen LogP contribution < -0.4 is 11.1 Å². The Morgan fingerprint density at radius 3 is 2.70 bits per heavy atom. The first-order valence-electron chi connectivity index (χ1n) is 7.99. The molecule has 6 nitrogen and oxygen atoms in total. The van der Waals surface area contributed by atoms with Gasteiger partial charge in [-0.25, -0.2) is 4.79 Å². The summed E-state index contributed by atoms with van der Waals surface area (Å²) < 4.78 is 5.30. The van der Waals surface area contributed by atoms with Crippen LogP contribution in [0.15, 0.2) is 30.3 Å². The number of ether oxygens (including phenoxy) is 1. The predicted molar refractivity (Wildman–Crippen MR) is 87.6 cm³/mol. The molecule has 23 heavy (non-hydrogen) atoms. The van der Waals surface area contributed by atoms with Crippen molar-refractivity contribution in [3.8, 4) is 0 Å². The summed E-state index contributed by atoms with van der Waals surface area (Å²) in [7, 11) is 0. The van der Waals surface area contributed by atoms with Crippen LogP contribution in [0.3, 0.4) is 0 Å². The molecule has 2 unspecified atom stereocenters.